The first-order valence-corrected chi connectivity index (χ1v) is 6.05. The summed E-state index contributed by atoms with van der Waals surface area (Å²) in [5, 5.41) is 2.83. The van der Waals surface area contributed by atoms with Gasteiger partial charge in [0.25, 0.3) is 0 Å². The quantitative estimate of drug-likeness (QED) is 0.780. The molecule has 5 heteroatoms. The topological polar surface area (TPSA) is 67.6 Å². The van der Waals surface area contributed by atoms with Crippen LogP contribution >= 0.6 is 0 Å². The molecule has 18 heavy (non-hydrogen) atoms. The van der Waals surface area contributed by atoms with Crippen molar-refractivity contribution in [3.8, 4) is 0 Å². The Hall–Kier alpha value is -1.91. The second-order valence-corrected chi connectivity index (χ2v) is 4.61. The largest absolute Gasteiger partial charge is 0.453 e. The van der Waals surface area contributed by atoms with Crippen LogP contribution in [-0.4, -0.2) is 32.3 Å². The van der Waals surface area contributed by atoms with Crippen LogP contribution < -0.4 is 16.0 Å². The Kier molecular flexibility index (Phi) is 3.60. The molecular formula is C13H19N3O2. The molecular weight excluding hydrogens is 230 g/mol. The third-order valence-corrected chi connectivity index (χ3v) is 3.31. The molecule has 2 rings (SSSR count). The SMILES string of the molecule is COC(=O)NC1CCN(c2ccc(N)c(C)c2)C1. The molecule has 1 saturated heterocycles. The molecule has 3 N–H and O–H groups in total. The van der Waals surface area contributed by atoms with E-state index in [9.17, 15) is 4.79 Å². The molecule has 0 saturated carbocycles. The maximum absolute atomic E-state index is 11.1. The zero-order chi connectivity index (χ0) is 13.1. The number of alkyl carbamates (subject to hydrolysis) is 1. The van der Waals surface area contributed by atoms with Gasteiger partial charge in [0.2, 0.25) is 0 Å². The first-order valence-electron chi connectivity index (χ1n) is 6.05. The zero-order valence-corrected chi connectivity index (χ0v) is 10.8. The van der Waals surface area contributed by atoms with Crippen molar-refractivity contribution < 1.29 is 9.53 Å². The molecule has 0 bridgehead atoms. The number of methoxy groups -OCH3 is 1. The number of nitrogens with zero attached hydrogens (tertiary/aromatic N) is 1. The average Bonchev–Trinajstić information content (AvgIpc) is 2.81. The summed E-state index contributed by atoms with van der Waals surface area (Å²) >= 11 is 0. The van der Waals surface area contributed by atoms with Crippen molar-refractivity contribution in [2.24, 2.45) is 0 Å². The summed E-state index contributed by atoms with van der Waals surface area (Å²) in [6.45, 7) is 3.73. The van der Waals surface area contributed by atoms with Crippen LogP contribution in [0.4, 0.5) is 16.2 Å². The van der Waals surface area contributed by atoms with E-state index in [1.54, 1.807) is 0 Å². The number of carbonyl (C=O) groups is 1. The predicted octanol–water partition coefficient (Wildman–Crippen LogP) is 1.51. The van der Waals surface area contributed by atoms with Crippen LogP contribution in [-0.2, 0) is 4.74 Å². The summed E-state index contributed by atoms with van der Waals surface area (Å²) in [6.07, 6.45) is 0.564. The van der Waals surface area contributed by atoms with Crippen molar-refractivity contribution in [1.82, 2.24) is 5.32 Å². The highest BCUT2D eigenvalue weighted by molar-refractivity contribution is 5.67. The fourth-order valence-corrected chi connectivity index (χ4v) is 2.19. The number of aryl methyl sites for hydroxylation is 1. The second-order valence-electron chi connectivity index (χ2n) is 4.61. The van der Waals surface area contributed by atoms with Gasteiger partial charge >= 0.3 is 6.09 Å². The molecule has 1 amide bonds. The van der Waals surface area contributed by atoms with E-state index in [1.165, 1.54) is 7.11 Å². The number of nitrogen functional groups attached to an aromatic ring is 1. The predicted molar refractivity (Wildman–Crippen MR) is 71.8 cm³/mol. The highest BCUT2D eigenvalue weighted by atomic mass is 16.5. The van der Waals surface area contributed by atoms with Crippen LogP contribution in [0.3, 0.4) is 0 Å². The molecule has 0 aromatic heterocycles. The maximum atomic E-state index is 11.1. The lowest BCUT2D eigenvalue weighted by Crippen LogP contribution is -2.36. The number of nitrogens with two attached hydrogens (primary N) is 1. The number of benzene rings is 1. The highest BCUT2D eigenvalue weighted by Gasteiger charge is 2.24. The Morgan fingerprint density at radius 3 is 3.00 bits per heavy atom. The summed E-state index contributed by atoms with van der Waals surface area (Å²) in [5.74, 6) is 0. The minimum Gasteiger partial charge on any atom is -0.453 e. The monoisotopic (exact) mass is 249 g/mol. The Labute approximate surface area is 107 Å². The molecule has 1 aliphatic heterocycles. The number of nitrogens with one attached hydrogen (secondary N) is 1. The minimum atomic E-state index is -0.365. The number of ether oxygens (including phenoxy) is 1. The number of anilines is 2. The Morgan fingerprint density at radius 1 is 1.56 bits per heavy atom. The number of hydrogen-bond acceptors (Lipinski definition) is 4. The van der Waals surface area contributed by atoms with E-state index in [1.807, 2.05) is 19.1 Å². The van der Waals surface area contributed by atoms with E-state index in [4.69, 9.17) is 5.73 Å². The van der Waals surface area contributed by atoms with E-state index >= 15 is 0 Å². The van der Waals surface area contributed by atoms with Crippen LogP contribution in [0.1, 0.15) is 12.0 Å². The maximum Gasteiger partial charge on any atom is 0.407 e. The van der Waals surface area contributed by atoms with Crippen LogP contribution in [0.5, 0.6) is 0 Å². The van der Waals surface area contributed by atoms with E-state index < -0.39 is 0 Å². The molecule has 1 aromatic rings. The van der Waals surface area contributed by atoms with Gasteiger partial charge in [-0.1, -0.05) is 0 Å². The van der Waals surface area contributed by atoms with Gasteiger partial charge in [0.15, 0.2) is 0 Å². The third kappa shape index (κ3) is 2.67. The molecule has 1 unspecified atom stereocenters. The van der Waals surface area contributed by atoms with Crippen molar-refractivity contribution in [3.63, 3.8) is 0 Å². The summed E-state index contributed by atoms with van der Waals surface area (Å²) in [7, 11) is 1.38. The van der Waals surface area contributed by atoms with Crippen LogP contribution in [0, 0.1) is 6.92 Å². The number of amides is 1. The lowest BCUT2D eigenvalue weighted by Gasteiger charge is -2.19. The van der Waals surface area contributed by atoms with Crippen molar-refractivity contribution in [3.05, 3.63) is 23.8 Å². The summed E-state index contributed by atoms with van der Waals surface area (Å²) in [5.41, 5.74) is 8.84. The molecule has 0 aliphatic carbocycles. The normalized spacial score (nSPS) is 18.8. The van der Waals surface area contributed by atoms with Crippen molar-refractivity contribution in [2.75, 3.05) is 30.8 Å². The van der Waals surface area contributed by atoms with E-state index in [0.29, 0.717) is 0 Å². The number of hydrogen-bond donors (Lipinski definition) is 2. The highest BCUT2D eigenvalue weighted by Crippen LogP contribution is 2.24. The first kappa shape index (κ1) is 12.5. The molecule has 1 aromatic carbocycles. The van der Waals surface area contributed by atoms with Gasteiger partial charge in [-0.2, -0.15) is 0 Å². The van der Waals surface area contributed by atoms with Crippen molar-refractivity contribution in [1.29, 1.82) is 0 Å². The smallest absolute Gasteiger partial charge is 0.407 e. The van der Waals surface area contributed by atoms with Crippen LogP contribution in [0.2, 0.25) is 0 Å². The van der Waals surface area contributed by atoms with E-state index in [0.717, 1.165) is 36.4 Å². The molecule has 1 heterocycles. The van der Waals surface area contributed by atoms with E-state index in [-0.39, 0.29) is 12.1 Å². The lowest BCUT2D eigenvalue weighted by molar-refractivity contribution is 0.167. The number of rotatable bonds is 2. The summed E-state index contributed by atoms with van der Waals surface area (Å²) in [6, 6.07) is 6.17. The minimum absolute atomic E-state index is 0.148. The van der Waals surface area contributed by atoms with Crippen molar-refractivity contribution in [2.45, 2.75) is 19.4 Å². The number of carbonyl (C=O) groups excluding carboxylic acids is 1. The van der Waals surface area contributed by atoms with Crippen LogP contribution in [0.25, 0.3) is 0 Å². The molecule has 0 spiro atoms. The van der Waals surface area contributed by atoms with Gasteiger partial charge in [0, 0.05) is 24.5 Å². The standard InChI is InChI=1S/C13H19N3O2/c1-9-7-11(3-4-12(9)14)16-6-5-10(8-16)15-13(17)18-2/h3-4,7,10H,5-6,8,14H2,1-2H3,(H,15,17). The van der Waals surface area contributed by atoms with Gasteiger partial charge in [0.05, 0.1) is 13.2 Å². The molecule has 1 aliphatic rings. The van der Waals surface area contributed by atoms with Gasteiger partial charge in [0.1, 0.15) is 0 Å². The molecule has 98 valence electrons. The molecule has 1 atom stereocenters. The Balaban J connectivity index is 1.99. The molecule has 5 nitrogen and oxygen atoms in total. The second kappa shape index (κ2) is 5.16. The lowest BCUT2D eigenvalue weighted by atomic mass is 10.2. The Bertz CT molecular complexity index is 448. The van der Waals surface area contributed by atoms with Gasteiger partial charge in [-0.15, -0.1) is 0 Å². The Morgan fingerprint density at radius 2 is 2.33 bits per heavy atom. The zero-order valence-electron chi connectivity index (χ0n) is 10.8. The van der Waals surface area contributed by atoms with Gasteiger partial charge in [-0.05, 0) is 37.1 Å². The third-order valence-electron chi connectivity index (χ3n) is 3.31. The average molecular weight is 249 g/mol. The molecule has 1 fully saturated rings. The van der Waals surface area contributed by atoms with Crippen molar-refractivity contribution >= 4 is 17.5 Å². The molecule has 0 radical (unpaired) electrons. The van der Waals surface area contributed by atoms with Gasteiger partial charge < -0.3 is 20.7 Å². The van der Waals surface area contributed by atoms with E-state index in [2.05, 4.69) is 21.0 Å². The van der Waals surface area contributed by atoms with Gasteiger partial charge in [-0.3, -0.25) is 0 Å². The van der Waals surface area contributed by atoms with Crippen LogP contribution in [0.15, 0.2) is 18.2 Å². The fourth-order valence-electron chi connectivity index (χ4n) is 2.19. The summed E-state index contributed by atoms with van der Waals surface area (Å²) in [4.78, 5) is 13.4. The fraction of sp³-hybridized carbons (Fsp3) is 0.462. The first-order chi connectivity index (χ1) is 8.60. The van der Waals surface area contributed by atoms with Gasteiger partial charge in [-0.25, -0.2) is 4.79 Å². The summed E-state index contributed by atoms with van der Waals surface area (Å²) < 4.78 is 4.60.